The molecule has 7 heteroatoms. The maximum Gasteiger partial charge on any atom is 0.128 e. The first-order valence-corrected chi connectivity index (χ1v) is 12.8. The molecular weight excluding hydrogens is 438 g/mol. The van der Waals surface area contributed by atoms with Crippen molar-refractivity contribution < 1.29 is 0 Å². The molecular formula is C25H30ClN5S. The first-order valence-electron chi connectivity index (χ1n) is 11.5. The minimum atomic E-state index is 0.750. The van der Waals surface area contributed by atoms with Crippen molar-refractivity contribution in [3.05, 3.63) is 64.8 Å². The van der Waals surface area contributed by atoms with Crippen molar-refractivity contribution in [2.75, 3.05) is 50.7 Å². The molecule has 1 atom stereocenters. The van der Waals surface area contributed by atoms with Gasteiger partial charge in [-0.15, -0.1) is 11.3 Å². The van der Waals surface area contributed by atoms with E-state index in [0.717, 1.165) is 60.1 Å². The van der Waals surface area contributed by atoms with E-state index in [1.54, 1.807) is 11.3 Å². The normalized spacial score (nSPS) is 20.5. The number of piperidine rings is 1. The largest absolute Gasteiger partial charge is 0.354 e. The maximum absolute atomic E-state index is 6.02. The highest BCUT2D eigenvalue weighted by molar-refractivity contribution is 7.13. The van der Waals surface area contributed by atoms with Crippen molar-refractivity contribution in [2.24, 2.45) is 5.92 Å². The van der Waals surface area contributed by atoms with Gasteiger partial charge in [-0.3, -0.25) is 9.80 Å². The van der Waals surface area contributed by atoms with Gasteiger partial charge >= 0.3 is 0 Å². The highest BCUT2D eigenvalue weighted by Gasteiger charge is 2.25. The number of aromatic nitrogens is 2. The van der Waals surface area contributed by atoms with Crippen molar-refractivity contribution in [3.8, 4) is 10.6 Å². The van der Waals surface area contributed by atoms with Gasteiger partial charge in [0.05, 0.1) is 5.69 Å². The van der Waals surface area contributed by atoms with Gasteiger partial charge in [0.25, 0.3) is 0 Å². The van der Waals surface area contributed by atoms with Gasteiger partial charge in [0.1, 0.15) is 10.8 Å². The molecule has 1 aromatic carbocycles. The van der Waals surface area contributed by atoms with E-state index in [9.17, 15) is 0 Å². The average Bonchev–Trinajstić information content (AvgIpc) is 3.29. The molecule has 5 nitrogen and oxygen atoms in total. The van der Waals surface area contributed by atoms with E-state index in [4.69, 9.17) is 16.6 Å². The van der Waals surface area contributed by atoms with Gasteiger partial charge < -0.3 is 4.90 Å². The smallest absolute Gasteiger partial charge is 0.128 e. The summed E-state index contributed by atoms with van der Waals surface area (Å²) in [5, 5.41) is 4.06. The Balaban J connectivity index is 1.11. The van der Waals surface area contributed by atoms with Gasteiger partial charge in [0.2, 0.25) is 0 Å². The van der Waals surface area contributed by atoms with Crippen LogP contribution in [0, 0.1) is 5.92 Å². The number of piperazine rings is 1. The van der Waals surface area contributed by atoms with Crippen LogP contribution in [-0.4, -0.2) is 65.6 Å². The molecule has 1 unspecified atom stereocenters. The molecule has 0 N–H and O–H groups in total. The molecule has 4 heterocycles. The quantitative estimate of drug-likeness (QED) is 0.515. The number of hydrogen-bond donors (Lipinski definition) is 0. The standard InChI is InChI=1S/C25H30ClN5S/c26-22-8-6-21(7-9-22)25-28-23(19-32-25)18-30-11-3-4-20(17-30)16-29-12-14-31(15-13-29)24-5-1-2-10-27-24/h1-2,5-10,19-20H,3-4,11-18H2. The summed E-state index contributed by atoms with van der Waals surface area (Å²) >= 11 is 7.75. The highest BCUT2D eigenvalue weighted by atomic mass is 35.5. The third-order valence-corrected chi connectivity index (χ3v) is 7.69. The number of hydrogen-bond acceptors (Lipinski definition) is 6. The Morgan fingerprint density at radius 2 is 1.81 bits per heavy atom. The number of nitrogens with zero attached hydrogens (tertiary/aromatic N) is 5. The fourth-order valence-electron chi connectivity index (χ4n) is 4.84. The molecule has 0 bridgehead atoms. The van der Waals surface area contributed by atoms with Crippen molar-refractivity contribution in [2.45, 2.75) is 19.4 Å². The maximum atomic E-state index is 6.02. The van der Waals surface area contributed by atoms with Gasteiger partial charge in [-0.25, -0.2) is 9.97 Å². The highest BCUT2D eigenvalue weighted by Crippen LogP contribution is 2.27. The molecule has 2 aromatic heterocycles. The molecule has 2 fully saturated rings. The predicted molar refractivity (Wildman–Crippen MR) is 133 cm³/mol. The van der Waals surface area contributed by atoms with Crippen LogP contribution in [0.25, 0.3) is 10.6 Å². The summed E-state index contributed by atoms with van der Waals surface area (Å²) in [5.41, 5.74) is 2.33. The number of thiazole rings is 1. The zero-order valence-corrected chi connectivity index (χ0v) is 19.9. The van der Waals surface area contributed by atoms with Crippen molar-refractivity contribution in [1.29, 1.82) is 0 Å². The summed E-state index contributed by atoms with van der Waals surface area (Å²) in [4.78, 5) is 17.1. The molecule has 2 saturated heterocycles. The first-order chi connectivity index (χ1) is 15.7. The molecule has 32 heavy (non-hydrogen) atoms. The van der Waals surface area contributed by atoms with Gasteiger partial charge in [0.15, 0.2) is 0 Å². The fraction of sp³-hybridized carbons (Fsp3) is 0.440. The zero-order chi connectivity index (χ0) is 21.8. The molecule has 2 aliphatic heterocycles. The monoisotopic (exact) mass is 467 g/mol. The topological polar surface area (TPSA) is 35.5 Å². The number of pyridine rings is 1. The van der Waals surface area contributed by atoms with Gasteiger partial charge in [-0.05, 0) is 49.6 Å². The summed E-state index contributed by atoms with van der Waals surface area (Å²) in [6.45, 7) is 8.91. The molecule has 0 aliphatic carbocycles. The van der Waals surface area contributed by atoms with E-state index >= 15 is 0 Å². The lowest BCUT2D eigenvalue weighted by Gasteiger charge is -2.39. The lowest BCUT2D eigenvalue weighted by atomic mass is 9.97. The van der Waals surface area contributed by atoms with Gasteiger partial charge in [0, 0.05) is 68.0 Å². The molecule has 3 aromatic rings. The van der Waals surface area contributed by atoms with Crippen LogP contribution in [0.1, 0.15) is 18.5 Å². The zero-order valence-electron chi connectivity index (χ0n) is 18.4. The molecule has 5 rings (SSSR count). The van der Waals surface area contributed by atoms with Crippen LogP contribution in [0.2, 0.25) is 5.02 Å². The van der Waals surface area contributed by atoms with E-state index < -0.39 is 0 Å². The van der Waals surface area contributed by atoms with Gasteiger partial charge in [-0.1, -0.05) is 29.8 Å². The Kier molecular flexibility index (Phi) is 7.03. The predicted octanol–water partition coefficient (Wildman–Crippen LogP) is 4.89. The van der Waals surface area contributed by atoms with E-state index in [1.807, 2.05) is 24.4 Å². The number of likely N-dealkylation sites (tertiary alicyclic amines) is 1. The number of benzene rings is 1. The molecule has 0 saturated carbocycles. The second kappa shape index (κ2) is 10.3. The van der Waals surface area contributed by atoms with Crippen LogP contribution in [0.3, 0.4) is 0 Å². The Labute approximate surface area is 199 Å². The van der Waals surface area contributed by atoms with Gasteiger partial charge in [-0.2, -0.15) is 0 Å². The van der Waals surface area contributed by atoms with Crippen LogP contribution in [0.4, 0.5) is 5.82 Å². The second-order valence-electron chi connectivity index (χ2n) is 8.87. The summed E-state index contributed by atoms with van der Waals surface area (Å²) in [7, 11) is 0. The molecule has 0 amide bonds. The Bertz CT molecular complexity index is 985. The average molecular weight is 468 g/mol. The third-order valence-electron chi connectivity index (χ3n) is 6.49. The summed E-state index contributed by atoms with van der Waals surface area (Å²) < 4.78 is 0. The van der Waals surface area contributed by atoms with Crippen LogP contribution in [0.5, 0.6) is 0 Å². The van der Waals surface area contributed by atoms with Crippen LogP contribution in [-0.2, 0) is 6.54 Å². The van der Waals surface area contributed by atoms with E-state index in [1.165, 1.54) is 38.2 Å². The fourth-order valence-corrected chi connectivity index (χ4v) is 5.79. The minimum Gasteiger partial charge on any atom is -0.354 e. The number of anilines is 1. The molecule has 0 spiro atoms. The summed E-state index contributed by atoms with van der Waals surface area (Å²) in [5.74, 6) is 1.86. The lowest BCUT2D eigenvalue weighted by Crippen LogP contribution is -2.49. The van der Waals surface area contributed by atoms with Crippen molar-refractivity contribution in [1.82, 2.24) is 19.8 Å². The Morgan fingerprint density at radius 3 is 2.59 bits per heavy atom. The van der Waals surface area contributed by atoms with Crippen molar-refractivity contribution in [3.63, 3.8) is 0 Å². The van der Waals surface area contributed by atoms with E-state index in [-0.39, 0.29) is 0 Å². The van der Waals surface area contributed by atoms with Crippen molar-refractivity contribution >= 4 is 28.8 Å². The Morgan fingerprint density at radius 1 is 0.969 bits per heavy atom. The number of halogens is 1. The van der Waals surface area contributed by atoms with E-state index in [2.05, 4.69) is 49.3 Å². The first kappa shape index (κ1) is 21.8. The molecule has 0 radical (unpaired) electrons. The molecule has 168 valence electrons. The minimum absolute atomic E-state index is 0.750. The Hall–Kier alpha value is -1.99. The van der Waals surface area contributed by atoms with Crippen LogP contribution in [0.15, 0.2) is 54.0 Å². The number of rotatable bonds is 6. The second-order valence-corrected chi connectivity index (χ2v) is 10.2. The summed E-state index contributed by atoms with van der Waals surface area (Å²) in [6, 6.07) is 14.1. The lowest BCUT2D eigenvalue weighted by molar-refractivity contribution is 0.124. The SMILES string of the molecule is Clc1ccc(-c2nc(CN3CCCC(CN4CCN(c5ccccn5)CC4)C3)cs2)cc1. The van der Waals surface area contributed by atoms with Crippen LogP contribution < -0.4 is 4.90 Å². The van der Waals surface area contributed by atoms with Crippen LogP contribution >= 0.6 is 22.9 Å². The third kappa shape index (κ3) is 5.49. The molecule has 2 aliphatic rings. The summed E-state index contributed by atoms with van der Waals surface area (Å²) in [6.07, 6.45) is 4.51. The van der Waals surface area contributed by atoms with E-state index in [0.29, 0.717) is 0 Å².